The first-order chi connectivity index (χ1) is 16.4. The van der Waals surface area contributed by atoms with Crippen LogP contribution < -0.4 is 15.4 Å². The van der Waals surface area contributed by atoms with E-state index in [0.717, 1.165) is 5.52 Å². The molecular formula is C23H18F3N5O3. The molecule has 1 unspecified atom stereocenters. The third kappa shape index (κ3) is 3.90. The second-order valence-electron chi connectivity index (χ2n) is 7.56. The van der Waals surface area contributed by atoms with Gasteiger partial charge in [-0.05, 0) is 30.3 Å². The maximum atomic E-state index is 13.8. The van der Waals surface area contributed by atoms with Gasteiger partial charge in [0.15, 0.2) is 5.60 Å². The number of hydrogen-bond acceptors (Lipinski definition) is 5. The Morgan fingerprint density at radius 1 is 1.06 bits per heavy atom. The number of para-hydroxylation sites is 3. The lowest BCUT2D eigenvalue weighted by molar-refractivity contribution is -0.333. The SMILES string of the molecule is O=C(Nc1nc2ccccc2[nH]1)Nc1cccnc1Oc1ccccc1C1(C(F)(F)F)CCO1. The maximum Gasteiger partial charge on any atom is 0.421 e. The van der Waals surface area contributed by atoms with Crippen LogP contribution in [0.2, 0.25) is 0 Å². The zero-order valence-corrected chi connectivity index (χ0v) is 17.5. The van der Waals surface area contributed by atoms with Gasteiger partial charge in [-0.15, -0.1) is 0 Å². The minimum absolute atomic E-state index is 0.00774. The van der Waals surface area contributed by atoms with Crippen molar-refractivity contribution in [1.29, 1.82) is 0 Å². The Balaban J connectivity index is 1.38. The number of carbonyl (C=O) groups excluding carboxylic acids is 1. The van der Waals surface area contributed by atoms with Crippen LogP contribution in [-0.2, 0) is 10.3 Å². The van der Waals surface area contributed by atoms with Crippen LogP contribution in [0.1, 0.15) is 12.0 Å². The van der Waals surface area contributed by atoms with Crippen LogP contribution in [0.15, 0.2) is 66.9 Å². The first-order valence-electron chi connectivity index (χ1n) is 10.3. The van der Waals surface area contributed by atoms with E-state index in [-0.39, 0.29) is 41.9 Å². The lowest BCUT2D eigenvalue weighted by atomic mass is 9.85. The maximum absolute atomic E-state index is 13.8. The zero-order valence-electron chi connectivity index (χ0n) is 17.5. The summed E-state index contributed by atoms with van der Waals surface area (Å²) in [6.45, 7) is -0.00774. The van der Waals surface area contributed by atoms with Crippen molar-refractivity contribution >= 4 is 28.7 Å². The third-order valence-electron chi connectivity index (χ3n) is 5.43. The fourth-order valence-corrected chi connectivity index (χ4v) is 3.73. The van der Waals surface area contributed by atoms with Crippen molar-refractivity contribution in [3.63, 3.8) is 0 Å². The Morgan fingerprint density at radius 3 is 2.56 bits per heavy atom. The number of nitrogens with zero attached hydrogens (tertiary/aromatic N) is 2. The van der Waals surface area contributed by atoms with E-state index in [0.29, 0.717) is 5.52 Å². The largest absolute Gasteiger partial charge is 0.437 e. The van der Waals surface area contributed by atoms with E-state index in [2.05, 4.69) is 25.6 Å². The molecule has 1 aliphatic heterocycles. The Bertz CT molecular complexity index is 1320. The van der Waals surface area contributed by atoms with Gasteiger partial charge in [0.25, 0.3) is 0 Å². The predicted octanol–water partition coefficient (Wildman–Crippen LogP) is 5.57. The summed E-state index contributed by atoms with van der Waals surface area (Å²) in [5, 5.41) is 5.16. The third-order valence-corrected chi connectivity index (χ3v) is 5.43. The van der Waals surface area contributed by atoms with Gasteiger partial charge in [-0.1, -0.05) is 30.3 Å². The highest BCUT2D eigenvalue weighted by Crippen LogP contribution is 2.53. The average Bonchev–Trinajstić information content (AvgIpc) is 3.16. The lowest BCUT2D eigenvalue weighted by Crippen LogP contribution is -2.52. The number of fused-ring (bicyclic) bond motifs is 1. The first-order valence-corrected chi connectivity index (χ1v) is 10.3. The number of amides is 2. The molecule has 0 bridgehead atoms. The van der Waals surface area contributed by atoms with E-state index >= 15 is 0 Å². The van der Waals surface area contributed by atoms with Crippen LogP contribution >= 0.6 is 0 Å². The summed E-state index contributed by atoms with van der Waals surface area (Å²) in [7, 11) is 0. The van der Waals surface area contributed by atoms with Crippen molar-refractivity contribution < 1.29 is 27.4 Å². The number of benzene rings is 2. The Kier molecular flexibility index (Phi) is 5.33. The molecule has 0 radical (unpaired) electrons. The Morgan fingerprint density at radius 2 is 1.82 bits per heavy atom. The van der Waals surface area contributed by atoms with Gasteiger partial charge in [0, 0.05) is 18.2 Å². The lowest BCUT2D eigenvalue weighted by Gasteiger charge is -2.43. The smallest absolute Gasteiger partial charge is 0.421 e. The molecule has 174 valence electrons. The number of H-pyrrole nitrogens is 1. The number of carbonyl (C=O) groups is 1. The number of aromatic nitrogens is 3. The summed E-state index contributed by atoms with van der Waals surface area (Å²) in [5.41, 5.74) is -1.02. The van der Waals surface area contributed by atoms with Crippen LogP contribution in [0.4, 0.5) is 29.6 Å². The van der Waals surface area contributed by atoms with Crippen LogP contribution in [0, 0.1) is 0 Å². The molecule has 8 nitrogen and oxygen atoms in total. The molecule has 3 heterocycles. The summed E-state index contributed by atoms with van der Waals surface area (Å²) in [4.78, 5) is 23.9. The second-order valence-corrected chi connectivity index (χ2v) is 7.56. The molecule has 34 heavy (non-hydrogen) atoms. The first kappa shape index (κ1) is 21.7. The molecule has 2 aromatic heterocycles. The molecule has 5 rings (SSSR count). The fourth-order valence-electron chi connectivity index (χ4n) is 3.73. The molecule has 0 spiro atoms. The van der Waals surface area contributed by atoms with E-state index in [9.17, 15) is 18.0 Å². The molecular weight excluding hydrogens is 451 g/mol. The minimum atomic E-state index is -4.62. The van der Waals surface area contributed by atoms with Crippen molar-refractivity contribution in [3.8, 4) is 11.6 Å². The van der Waals surface area contributed by atoms with Crippen molar-refractivity contribution in [2.45, 2.75) is 18.2 Å². The topological polar surface area (TPSA) is 101 Å². The fraction of sp³-hybridized carbons (Fsp3) is 0.174. The Labute approximate surface area is 191 Å². The summed E-state index contributed by atoms with van der Waals surface area (Å²) in [5.74, 6) is 0.0787. The molecule has 1 atom stereocenters. The minimum Gasteiger partial charge on any atom is -0.437 e. The normalized spacial score (nSPS) is 17.7. The van der Waals surface area contributed by atoms with E-state index in [1.807, 2.05) is 18.2 Å². The molecule has 1 saturated heterocycles. The van der Waals surface area contributed by atoms with Gasteiger partial charge >= 0.3 is 12.2 Å². The summed E-state index contributed by atoms with van der Waals surface area (Å²) in [6.07, 6.45) is -3.44. The Hall–Kier alpha value is -4.12. The molecule has 1 aliphatic rings. The number of rotatable bonds is 5. The molecule has 11 heteroatoms. The van der Waals surface area contributed by atoms with E-state index in [4.69, 9.17) is 9.47 Å². The van der Waals surface area contributed by atoms with Crippen molar-refractivity contribution in [3.05, 3.63) is 72.4 Å². The molecule has 1 fully saturated rings. The molecule has 4 aromatic rings. The molecule has 2 aromatic carbocycles. The van der Waals surface area contributed by atoms with Gasteiger partial charge in [-0.3, -0.25) is 5.32 Å². The van der Waals surface area contributed by atoms with Gasteiger partial charge in [-0.25, -0.2) is 14.8 Å². The number of anilines is 2. The highest BCUT2D eigenvalue weighted by molar-refractivity contribution is 6.00. The van der Waals surface area contributed by atoms with Crippen LogP contribution in [0.3, 0.4) is 0 Å². The summed E-state index contributed by atoms with van der Waals surface area (Å²) in [6, 6.07) is 15.4. The van der Waals surface area contributed by atoms with Gasteiger partial charge in [-0.2, -0.15) is 13.2 Å². The summed E-state index contributed by atoms with van der Waals surface area (Å²) < 4.78 is 52.3. The molecule has 2 amide bonds. The van der Waals surface area contributed by atoms with E-state index < -0.39 is 17.8 Å². The van der Waals surface area contributed by atoms with Gasteiger partial charge in [0.2, 0.25) is 11.8 Å². The number of aromatic amines is 1. The van der Waals surface area contributed by atoms with Crippen molar-refractivity contribution in [2.24, 2.45) is 0 Å². The number of alkyl halides is 3. The van der Waals surface area contributed by atoms with E-state index in [1.54, 1.807) is 18.2 Å². The van der Waals surface area contributed by atoms with Gasteiger partial charge < -0.3 is 19.8 Å². The second kappa shape index (κ2) is 8.34. The van der Waals surface area contributed by atoms with Gasteiger partial charge in [0.1, 0.15) is 11.4 Å². The number of ether oxygens (including phenoxy) is 2. The van der Waals surface area contributed by atoms with Crippen molar-refractivity contribution in [1.82, 2.24) is 15.0 Å². The highest BCUT2D eigenvalue weighted by Gasteiger charge is 2.62. The standard InChI is InChI=1S/C23H18F3N5O3/c24-23(25,26)22(11-13-33-22)14-6-1-4-10-18(14)34-19-17(9-5-12-27-19)30-21(32)31-20-28-15-7-2-3-8-16(15)29-20/h1-10,12H,11,13H2,(H3,28,29,30,31,32). The summed E-state index contributed by atoms with van der Waals surface area (Å²) >= 11 is 0. The number of pyridine rings is 1. The van der Waals surface area contributed by atoms with Crippen LogP contribution in [-0.4, -0.2) is 33.8 Å². The molecule has 0 aliphatic carbocycles. The van der Waals surface area contributed by atoms with Crippen LogP contribution in [0.25, 0.3) is 11.0 Å². The number of urea groups is 1. The monoisotopic (exact) mass is 469 g/mol. The van der Waals surface area contributed by atoms with Crippen molar-refractivity contribution in [2.75, 3.05) is 17.2 Å². The molecule has 0 saturated carbocycles. The van der Waals surface area contributed by atoms with Crippen LogP contribution in [0.5, 0.6) is 11.6 Å². The quantitative estimate of drug-likeness (QED) is 0.355. The number of imidazole rings is 1. The highest BCUT2D eigenvalue weighted by atomic mass is 19.4. The van der Waals surface area contributed by atoms with Gasteiger partial charge in [0.05, 0.1) is 17.6 Å². The number of hydrogen-bond donors (Lipinski definition) is 3. The number of halogens is 3. The predicted molar refractivity (Wildman–Crippen MR) is 118 cm³/mol. The number of nitrogens with one attached hydrogen (secondary N) is 3. The average molecular weight is 469 g/mol. The zero-order chi connectivity index (χ0) is 23.8. The van der Waals surface area contributed by atoms with E-state index in [1.165, 1.54) is 30.5 Å². The molecule has 3 N–H and O–H groups in total.